The molecular weight excluding hydrogens is 412 g/mol. The van der Waals surface area contributed by atoms with Crippen molar-refractivity contribution in [3.05, 3.63) is 51.6 Å². The van der Waals surface area contributed by atoms with E-state index in [4.69, 9.17) is 11.6 Å². The molecule has 0 saturated carbocycles. The molecule has 3 heterocycles. The van der Waals surface area contributed by atoms with E-state index in [1.165, 1.54) is 21.3 Å². The number of nitrogens with one attached hydrogen (secondary N) is 1. The Hall–Kier alpha value is -2.09. The fourth-order valence-electron chi connectivity index (χ4n) is 3.14. The van der Waals surface area contributed by atoms with Crippen LogP contribution >= 0.6 is 34.7 Å². The highest BCUT2D eigenvalue weighted by Crippen LogP contribution is 2.33. The number of hydrogen-bond donors (Lipinski definition) is 1. The average molecular weight is 431 g/mol. The van der Waals surface area contributed by atoms with Crippen LogP contribution < -0.4 is 5.32 Å². The zero-order valence-electron chi connectivity index (χ0n) is 15.7. The van der Waals surface area contributed by atoms with Gasteiger partial charge < -0.3 is 5.32 Å². The number of carbonyl (C=O) groups excluding carboxylic acids is 1. The number of thioether (sulfide) groups is 1. The largest absolute Gasteiger partial charge is 0.325 e. The van der Waals surface area contributed by atoms with E-state index in [2.05, 4.69) is 45.9 Å². The summed E-state index contributed by atoms with van der Waals surface area (Å²) in [6, 6.07) is 9.80. The van der Waals surface area contributed by atoms with Crippen molar-refractivity contribution in [1.29, 1.82) is 0 Å². The number of hydrogen-bond acceptors (Lipinski definition) is 5. The van der Waals surface area contributed by atoms with E-state index in [0.717, 1.165) is 39.6 Å². The van der Waals surface area contributed by atoms with Gasteiger partial charge in [0, 0.05) is 22.0 Å². The summed E-state index contributed by atoms with van der Waals surface area (Å²) >= 11 is 9.28. The van der Waals surface area contributed by atoms with E-state index in [1.807, 2.05) is 25.1 Å². The lowest BCUT2D eigenvalue weighted by Gasteiger charge is -2.10. The van der Waals surface area contributed by atoms with Gasteiger partial charge in [0.1, 0.15) is 10.9 Å². The van der Waals surface area contributed by atoms with Crippen molar-refractivity contribution in [3.8, 4) is 0 Å². The first-order valence-corrected chi connectivity index (χ1v) is 11.1. The first kappa shape index (κ1) is 19.2. The highest BCUT2D eigenvalue weighted by molar-refractivity contribution is 8.00. The van der Waals surface area contributed by atoms with Gasteiger partial charge in [0.15, 0.2) is 0 Å². The molecule has 1 N–H and O–H groups in total. The molecule has 0 atom stereocenters. The molecule has 0 aliphatic carbocycles. The highest BCUT2D eigenvalue weighted by Gasteiger charge is 2.16. The zero-order valence-corrected chi connectivity index (χ0v) is 18.1. The van der Waals surface area contributed by atoms with Gasteiger partial charge in [-0.1, -0.05) is 36.4 Å². The van der Waals surface area contributed by atoms with Gasteiger partial charge >= 0.3 is 0 Å². The number of benzene rings is 1. The smallest absolute Gasteiger partial charge is 0.234 e. The number of fused-ring (bicyclic) bond motifs is 3. The minimum absolute atomic E-state index is 0.0981. The molecule has 0 radical (unpaired) electrons. The Labute approximate surface area is 176 Å². The van der Waals surface area contributed by atoms with E-state index in [9.17, 15) is 4.79 Å². The van der Waals surface area contributed by atoms with Gasteiger partial charge in [0.05, 0.1) is 21.5 Å². The fraction of sp³-hybridized carbons (Fsp3) is 0.250. The van der Waals surface area contributed by atoms with E-state index in [0.29, 0.717) is 5.02 Å². The molecule has 4 aromatic rings. The second-order valence-electron chi connectivity index (χ2n) is 6.50. The molecule has 0 aliphatic heterocycles. The molecular formula is C20H19ClN4OS2. The fourth-order valence-corrected chi connectivity index (χ4v) is 5.00. The van der Waals surface area contributed by atoms with Crippen LogP contribution in [-0.2, 0) is 11.2 Å². The van der Waals surface area contributed by atoms with E-state index < -0.39 is 0 Å². The van der Waals surface area contributed by atoms with E-state index in [-0.39, 0.29) is 11.7 Å². The molecule has 5 nitrogen and oxygen atoms in total. The summed E-state index contributed by atoms with van der Waals surface area (Å²) in [5.74, 6) is 1.07. The number of aromatic nitrogens is 3. The minimum atomic E-state index is -0.0981. The molecule has 0 bridgehead atoms. The third-order valence-electron chi connectivity index (χ3n) is 4.54. The van der Waals surface area contributed by atoms with Crippen molar-refractivity contribution in [2.75, 3.05) is 11.1 Å². The van der Waals surface area contributed by atoms with Crippen molar-refractivity contribution in [2.45, 2.75) is 32.2 Å². The predicted molar refractivity (Wildman–Crippen MR) is 118 cm³/mol. The van der Waals surface area contributed by atoms with Crippen LogP contribution in [0, 0.1) is 13.8 Å². The molecule has 0 fully saturated rings. The van der Waals surface area contributed by atoms with Gasteiger partial charge in [-0.3, -0.25) is 9.20 Å². The Bertz CT molecular complexity index is 1200. The van der Waals surface area contributed by atoms with Crippen LogP contribution in [0.5, 0.6) is 0 Å². The van der Waals surface area contributed by atoms with Crippen molar-refractivity contribution in [3.63, 3.8) is 0 Å². The number of aryl methyl sites for hydroxylation is 2. The van der Waals surface area contributed by atoms with Crippen LogP contribution in [0.2, 0.25) is 5.02 Å². The van der Waals surface area contributed by atoms with Gasteiger partial charge in [0.2, 0.25) is 5.91 Å². The third kappa shape index (κ3) is 3.50. The predicted octanol–water partition coefficient (Wildman–Crippen LogP) is 5.51. The number of rotatable bonds is 5. The lowest BCUT2D eigenvalue weighted by Crippen LogP contribution is -2.15. The molecule has 0 spiro atoms. The van der Waals surface area contributed by atoms with Crippen LogP contribution in [0.25, 0.3) is 15.7 Å². The molecule has 1 amide bonds. The average Bonchev–Trinajstić information content (AvgIpc) is 3.20. The van der Waals surface area contributed by atoms with Gasteiger partial charge in [-0.05, 0) is 43.7 Å². The molecule has 28 heavy (non-hydrogen) atoms. The van der Waals surface area contributed by atoms with E-state index >= 15 is 0 Å². The summed E-state index contributed by atoms with van der Waals surface area (Å²) < 4.78 is 3.37. The second kappa shape index (κ2) is 7.73. The van der Waals surface area contributed by atoms with Crippen LogP contribution in [0.15, 0.2) is 35.4 Å². The number of amides is 1. The molecule has 4 rings (SSSR count). The summed E-state index contributed by atoms with van der Waals surface area (Å²) in [5.41, 5.74) is 3.75. The molecule has 0 saturated heterocycles. The number of carbonyl (C=O) groups is 1. The first-order valence-electron chi connectivity index (χ1n) is 8.93. The summed E-state index contributed by atoms with van der Waals surface area (Å²) in [5, 5.41) is 13.1. The molecule has 0 aliphatic rings. The topological polar surface area (TPSA) is 59.3 Å². The first-order chi connectivity index (χ1) is 13.5. The maximum absolute atomic E-state index is 12.4. The van der Waals surface area contributed by atoms with Gasteiger partial charge in [-0.2, -0.15) is 0 Å². The standard InChI is InChI=1S/C20H19ClN4OS2/c1-4-18-23-24-20(16-9-17-15(25(16)18)8-11(2)28-17)27-10-19(26)22-14-7-5-6-13(21)12(14)3/h5-9H,4,10H2,1-3H3,(H,22,26). The zero-order chi connectivity index (χ0) is 19.8. The second-order valence-corrected chi connectivity index (χ2v) is 9.15. The summed E-state index contributed by atoms with van der Waals surface area (Å²) in [7, 11) is 0. The Morgan fingerprint density at radius 1 is 1.25 bits per heavy atom. The van der Waals surface area contributed by atoms with Gasteiger partial charge in [0.25, 0.3) is 0 Å². The van der Waals surface area contributed by atoms with Crippen molar-refractivity contribution in [2.24, 2.45) is 0 Å². The maximum atomic E-state index is 12.4. The molecule has 8 heteroatoms. The number of nitrogens with zero attached hydrogens (tertiary/aromatic N) is 3. The summed E-state index contributed by atoms with van der Waals surface area (Å²) in [6.07, 6.45) is 0.793. The van der Waals surface area contributed by atoms with Crippen molar-refractivity contribution in [1.82, 2.24) is 14.6 Å². The SMILES string of the molecule is CCc1nnc(SCC(=O)Nc2cccc(Cl)c2C)c2cc3sc(C)cc3n12. The Morgan fingerprint density at radius 3 is 2.86 bits per heavy atom. The van der Waals surface area contributed by atoms with Gasteiger partial charge in [-0.15, -0.1) is 21.5 Å². The Balaban J connectivity index is 1.59. The Kier molecular flexibility index (Phi) is 5.31. The normalized spacial score (nSPS) is 11.4. The molecule has 144 valence electrons. The number of halogens is 1. The van der Waals surface area contributed by atoms with Crippen LogP contribution in [0.3, 0.4) is 0 Å². The minimum Gasteiger partial charge on any atom is -0.325 e. The monoisotopic (exact) mass is 430 g/mol. The van der Waals surface area contributed by atoms with Gasteiger partial charge in [-0.25, -0.2) is 0 Å². The highest BCUT2D eigenvalue weighted by atomic mass is 35.5. The third-order valence-corrected chi connectivity index (χ3v) is 6.91. The maximum Gasteiger partial charge on any atom is 0.234 e. The Morgan fingerprint density at radius 2 is 2.07 bits per heavy atom. The van der Waals surface area contributed by atoms with Crippen LogP contribution in [0.1, 0.15) is 23.2 Å². The molecule has 1 aromatic carbocycles. The quantitative estimate of drug-likeness (QED) is 0.424. The summed E-state index contributed by atoms with van der Waals surface area (Å²) in [4.78, 5) is 13.7. The van der Waals surface area contributed by atoms with Crippen LogP contribution in [-0.4, -0.2) is 26.3 Å². The molecule has 0 unspecified atom stereocenters. The lowest BCUT2D eigenvalue weighted by molar-refractivity contribution is -0.113. The van der Waals surface area contributed by atoms with Crippen LogP contribution in [0.4, 0.5) is 5.69 Å². The van der Waals surface area contributed by atoms with Crippen molar-refractivity contribution < 1.29 is 4.79 Å². The number of anilines is 1. The molecule has 3 aromatic heterocycles. The number of thiophene rings is 1. The van der Waals surface area contributed by atoms with Crippen molar-refractivity contribution >= 4 is 62.0 Å². The van der Waals surface area contributed by atoms with E-state index in [1.54, 1.807) is 11.3 Å². The summed E-state index contributed by atoms with van der Waals surface area (Å²) in [6.45, 7) is 6.07. The lowest BCUT2D eigenvalue weighted by atomic mass is 10.2.